The van der Waals surface area contributed by atoms with Gasteiger partial charge in [0.05, 0.1) is 0 Å². The van der Waals surface area contributed by atoms with E-state index < -0.39 is 35.1 Å². The van der Waals surface area contributed by atoms with Crippen molar-refractivity contribution in [3.8, 4) is 0 Å². The lowest BCUT2D eigenvalue weighted by molar-refractivity contribution is 0.0772. The van der Waals surface area contributed by atoms with Gasteiger partial charge in [-0.05, 0) is 36.4 Å². The maximum Gasteiger partial charge on any atom is 0.253 e. The molecular formula is C24H20F4N2O2. The van der Waals surface area contributed by atoms with Gasteiger partial charge in [0, 0.05) is 61.6 Å². The molecule has 0 aromatic heterocycles. The number of nitrogens with zero attached hydrogens (tertiary/aromatic N) is 2. The van der Waals surface area contributed by atoms with Crippen molar-refractivity contribution in [2.75, 3.05) is 14.1 Å². The van der Waals surface area contributed by atoms with E-state index in [4.69, 9.17) is 0 Å². The topological polar surface area (TPSA) is 40.6 Å². The van der Waals surface area contributed by atoms with Gasteiger partial charge in [-0.1, -0.05) is 12.1 Å². The molecule has 2 amide bonds. The van der Waals surface area contributed by atoms with Crippen molar-refractivity contribution >= 4 is 11.8 Å². The van der Waals surface area contributed by atoms with E-state index in [9.17, 15) is 27.2 Å². The molecule has 0 aliphatic carbocycles. The van der Waals surface area contributed by atoms with E-state index in [1.807, 2.05) is 0 Å². The average molecular weight is 444 g/mol. The Morgan fingerprint density at radius 1 is 0.625 bits per heavy atom. The second kappa shape index (κ2) is 9.64. The highest BCUT2D eigenvalue weighted by molar-refractivity contribution is 5.97. The first kappa shape index (κ1) is 23.0. The molecule has 166 valence electrons. The Balaban J connectivity index is 1.66. The predicted octanol–water partition coefficient (Wildman–Crippen LogP) is 4.79. The fraction of sp³-hybridized carbons (Fsp3) is 0.167. The Hall–Kier alpha value is -3.68. The summed E-state index contributed by atoms with van der Waals surface area (Å²) in [5.74, 6) is -3.71. The lowest BCUT2D eigenvalue weighted by atomic mass is 10.1. The molecule has 0 saturated heterocycles. The van der Waals surface area contributed by atoms with E-state index in [0.717, 1.165) is 24.3 Å². The molecule has 0 fully saturated rings. The Morgan fingerprint density at radius 3 is 1.28 bits per heavy atom. The summed E-state index contributed by atoms with van der Waals surface area (Å²) in [6.45, 7) is -0.116. The van der Waals surface area contributed by atoms with E-state index in [2.05, 4.69) is 0 Å². The van der Waals surface area contributed by atoms with Crippen LogP contribution in [0.5, 0.6) is 0 Å². The minimum Gasteiger partial charge on any atom is -0.337 e. The zero-order chi connectivity index (χ0) is 23.4. The van der Waals surface area contributed by atoms with Crippen LogP contribution in [-0.2, 0) is 13.1 Å². The molecule has 0 bridgehead atoms. The molecule has 0 aliphatic rings. The molecular weight excluding hydrogens is 424 g/mol. The summed E-state index contributed by atoms with van der Waals surface area (Å²) >= 11 is 0. The van der Waals surface area contributed by atoms with E-state index in [1.54, 1.807) is 0 Å². The first-order valence-electron chi connectivity index (χ1n) is 9.64. The van der Waals surface area contributed by atoms with Gasteiger partial charge < -0.3 is 9.80 Å². The van der Waals surface area contributed by atoms with Crippen LogP contribution in [0.15, 0.2) is 60.7 Å². The van der Waals surface area contributed by atoms with Crippen LogP contribution in [0.1, 0.15) is 31.8 Å². The third kappa shape index (κ3) is 5.32. The quantitative estimate of drug-likeness (QED) is 0.513. The molecule has 3 aromatic rings. The molecule has 8 heteroatoms. The van der Waals surface area contributed by atoms with E-state index in [-0.39, 0.29) is 35.3 Å². The standard InChI is InChI=1S/C24H20F4N2O2/c1-29(13-17-7-9-19(25)11-21(17)27)23(31)15-3-5-16(6-4-15)24(32)30(2)14-18-8-10-20(26)12-22(18)28/h3-12H,13-14H2,1-2H3. The summed E-state index contributed by atoms with van der Waals surface area (Å²) in [7, 11) is 2.96. The fourth-order valence-electron chi connectivity index (χ4n) is 3.15. The number of carbonyl (C=O) groups excluding carboxylic acids is 2. The predicted molar refractivity (Wildman–Crippen MR) is 111 cm³/mol. The van der Waals surface area contributed by atoms with Crippen LogP contribution >= 0.6 is 0 Å². The minimum atomic E-state index is -0.744. The number of hydrogen-bond donors (Lipinski definition) is 0. The summed E-state index contributed by atoms with van der Waals surface area (Å²) < 4.78 is 53.7. The number of benzene rings is 3. The van der Waals surface area contributed by atoms with Crippen LogP contribution in [0.3, 0.4) is 0 Å². The molecule has 3 aromatic carbocycles. The van der Waals surface area contributed by atoms with Gasteiger partial charge in [0.15, 0.2) is 0 Å². The Labute approximate surface area is 182 Å². The largest absolute Gasteiger partial charge is 0.337 e. The van der Waals surface area contributed by atoms with Gasteiger partial charge in [-0.25, -0.2) is 17.6 Å². The minimum absolute atomic E-state index is 0.0579. The molecule has 0 aliphatic heterocycles. The van der Waals surface area contributed by atoms with Gasteiger partial charge in [-0.2, -0.15) is 0 Å². The SMILES string of the molecule is CN(Cc1ccc(F)cc1F)C(=O)c1ccc(C(=O)N(C)Cc2ccc(F)cc2F)cc1. The van der Waals surface area contributed by atoms with Gasteiger partial charge >= 0.3 is 0 Å². The second-order valence-corrected chi connectivity index (χ2v) is 7.37. The summed E-state index contributed by atoms with van der Waals surface area (Å²) in [5.41, 5.74) is 0.894. The first-order valence-corrected chi connectivity index (χ1v) is 9.64. The van der Waals surface area contributed by atoms with Crippen LogP contribution in [-0.4, -0.2) is 35.7 Å². The number of rotatable bonds is 6. The van der Waals surface area contributed by atoms with Crippen LogP contribution in [0, 0.1) is 23.3 Å². The average Bonchev–Trinajstić information content (AvgIpc) is 2.76. The monoisotopic (exact) mass is 444 g/mol. The van der Waals surface area contributed by atoms with Crippen LogP contribution in [0.25, 0.3) is 0 Å². The number of hydrogen-bond acceptors (Lipinski definition) is 2. The van der Waals surface area contributed by atoms with Crippen LogP contribution in [0.2, 0.25) is 0 Å². The van der Waals surface area contributed by atoms with Crippen molar-refractivity contribution in [1.82, 2.24) is 9.80 Å². The molecule has 0 radical (unpaired) electrons. The van der Waals surface area contributed by atoms with Crippen molar-refractivity contribution in [2.45, 2.75) is 13.1 Å². The lowest BCUT2D eigenvalue weighted by Crippen LogP contribution is -2.28. The molecule has 0 spiro atoms. The Morgan fingerprint density at radius 2 is 0.969 bits per heavy atom. The van der Waals surface area contributed by atoms with Crippen molar-refractivity contribution in [3.05, 3.63) is 106 Å². The molecule has 0 unspecified atom stereocenters. The summed E-state index contributed by atoms with van der Waals surface area (Å²) in [4.78, 5) is 27.8. The second-order valence-electron chi connectivity index (χ2n) is 7.37. The van der Waals surface area contributed by atoms with Gasteiger partial charge in [0.1, 0.15) is 23.3 Å². The highest BCUT2D eigenvalue weighted by Crippen LogP contribution is 2.16. The Bertz CT molecular complexity index is 1060. The molecule has 32 heavy (non-hydrogen) atoms. The van der Waals surface area contributed by atoms with Crippen LogP contribution in [0.4, 0.5) is 17.6 Å². The zero-order valence-electron chi connectivity index (χ0n) is 17.4. The number of carbonyl (C=O) groups is 2. The van der Waals surface area contributed by atoms with Crippen LogP contribution < -0.4 is 0 Å². The maximum absolute atomic E-state index is 13.8. The molecule has 0 N–H and O–H groups in total. The van der Waals surface area contributed by atoms with Crippen molar-refractivity contribution in [2.24, 2.45) is 0 Å². The third-order valence-electron chi connectivity index (χ3n) is 4.92. The normalized spacial score (nSPS) is 10.7. The van der Waals surface area contributed by atoms with E-state index in [0.29, 0.717) is 0 Å². The molecule has 3 rings (SSSR count). The maximum atomic E-state index is 13.8. The highest BCUT2D eigenvalue weighted by atomic mass is 19.1. The zero-order valence-corrected chi connectivity index (χ0v) is 17.4. The first-order chi connectivity index (χ1) is 15.2. The number of amides is 2. The lowest BCUT2D eigenvalue weighted by Gasteiger charge is -2.19. The van der Waals surface area contributed by atoms with E-state index >= 15 is 0 Å². The van der Waals surface area contributed by atoms with Gasteiger partial charge in [0.2, 0.25) is 0 Å². The van der Waals surface area contributed by atoms with Crippen molar-refractivity contribution < 1.29 is 27.2 Å². The summed E-state index contributed by atoms with van der Waals surface area (Å²) in [5, 5.41) is 0. The molecule has 0 heterocycles. The van der Waals surface area contributed by atoms with Gasteiger partial charge in [-0.15, -0.1) is 0 Å². The van der Waals surface area contributed by atoms with Crippen molar-refractivity contribution in [3.63, 3.8) is 0 Å². The van der Waals surface area contributed by atoms with Gasteiger partial charge in [0.25, 0.3) is 11.8 Å². The Kier molecular flexibility index (Phi) is 6.92. The van der Waals surface area contributed by atoms with Crippen molar-refractivity contribution in [1.29, 1.82) is 0 Å². The van der Waals surface area contributed by atoms with Gasteiger partial charge in [-0.3, -0.25) is 9.59 Å². The molecule has 0 saturated carbocycles. The third-order valence-corrected chi connectivity index (χ3v) is 4.92. The molecule has 0 atom stereocenters. The van der Waals surface area contributed by atoms with E-state index in [1.165, 1.54) is 60.3 Å². The molecule has 4 nitrogen and oxygen atoms in total. The summed E-state index contributed by atoms with van der Waals surface area (Å²) in [6, 6.07) is 12.1. The fourth-order valence-corrected chi connectivity index (χ4v) is 3.15. The summed E-state index contributed by atoms with van der Waals surface area (Å²) in [6.07, 6.45) is 0. The smallest absolute Gasteiger partial charge is 0.253 e. The number of halogens is 4. The highest BCUT2D eigenvalue weighted by Gasteiger charge is 2.17.